The third-order valence-electron chi connectivity index (χ3n) is 1.63. The van der Waals surface area contributed by atoms with Crippen LogP contribution in [0.15, 0.2) is 12.3 Å². The summed E-state index contributed by atoms with van der Waals surface area (Å²) in [6, 6.07) is 1.13. The highest BCUT2D eigenvalue weighted by atomic mass is 19.1. The second kappa shape index (κ2) is 2.81. The zero-order chi connectivity index (χ0) is 9.35. The van der Waals surface area contributed by atoms with Crippen LogP contribution in [0.5, 0.6) is 0 Å². The molecule has 0 fully saturated rings. The molecule has 0 N–H and O–H groups in total. The highest BCUT2D eigenvalue weighted by molar-refractivity contribution is 5.21. The Morgan fingerprint density at radius 3 is 2.25 bits per heavy atom. The smallest absolute Gasteiger partial charge is 0.213 e. The second-order valence-electron chi connectivity index (χ2n) is 3.74. The fraction of sp³-hybridized carbons (Fsp3) is 0.444. The molecule has 0 aromatic carbocycles. The molecule has 0 aliphatic heterocycles. The summed E-state index contributed by atoms with van der Waals surface area (Å²) >= 11 is 0. The topological polar surface area (TPSA) is 12.9 Å². The zero-order valence-corrected chi connectivity index (χ0v) is 7.36. The van der Waals surface area contributed by atoms with E-state index in [9.17, 15) is 8.78 Å². The summed E-state index contributed by atoms with van der Waals surface area (Å²) in [5.41, 5.74) is -0.0246. The molecule has 0 saturated carbocycles. The second-order valence-corrected chi connectivity index (χ2v) is 3.74. The molecule has 0 bridgehead atoms. The molecule has 0 unspecified atom stereocenters. The quantitative estimate of drug-likeness (QED) is 0.547. The molecular formula is C9H11F2N. The SMILES string of the molecule is CC(C)(C)c1cc(F)ncc1F. The average Bonchev–Trinajstić information content (AvgIpc) is 1.92. The fourth-order valence-corrected chi connectivity index (χ4v) is 0.988. The van der Waals surface area contributed by atoms with E-state index in [1.807, 2.05) is 20.8 Å². The number of halogens is 2. The van der Waals surface area contributed by atoms with E-state index in [0.717, 1.165) is 12.3 Å². The van der Waals surface area contributed by atoms with Crippen molar-refractivity contribution in [1.82, 2.24) is 4.98 Å². The Hall–Kier alpha value is -0.990. The van der Waals surface area contributed by atoms with E-state index in [2.05, 4.69) is 4.98 Å². The van der Waals surface area contributed by atoms with Crippen molar-refractivity contribution in [1.29, 1.82) is 0 Å². The number of hydrogen-bond donors (Lipinski definition) is 0. The first-order valence-electron chi connectivity index (χ1n) is 3.73. The lowest BCUT2D eigenvalue weighted by atomic mass is 9.87. The van der Waals surface area contributed by atoms with Gasteiger partial charge in [0.2, 0.25) is 5.95 Å². The Bertz CT molecular complexity index is 289. The van der Waals surface area contributed by atoms with Gasteiger partial charge < -0.3 is 0 Å². The average molecular weight is 171 g/mol. The summed E-state index contributed by atoms with van der Waals surface area (Å²) < 4.78 is 25.6. The summed E-state index contributed by atoms with van der Waals surface area (Å²) in [4.78, 5) is 3.21. The van der Waals surface area contributed by atoms with Gasteiger partial charge >= 0.3 is 0 Å². The first kappa shape index (κ1) is 9.10. The van der Waals surface area contributed by atoms with Crippen molar-refractivity contribution in [3.63, 3.8) is 0 Å². The Kier molecular flexibility index (Phi) is 2.13. The lowest BCUT2D eigenvalue weighted by Gasteiger charge is -2.18. The molecule has 0 radical (unpaired) electrons. The van der Waals surface area contributed by atoms with Gasteiger partial charge in [0.15, 0.2) is 0 Å². The Balaban J connectivity index is 3.23. The lowest BCUT2D eigenvalue weighted by molar-refractivity contribution is 0.496. The fourth-order valence-electron chi connectivity index (χ4n) is 0.988. The third kappa shape index (κ3) is 1.78. The maximum atomic E-state index is 13.0. The maximum absolute atomic E-state index is 13.0. The molecule has 1 rings (SSSR count). The molecule has 1 aromatic heterocycles. The number of hydrogen-bond acceptors (Lipinski definition) is 1. The summed E-state index contributed by atoms with van der Waals surface area (Å²) in [5.74, 6) is -1.09. The molecule has 0 spiro atoms. The van der Waals surface area contributed by atoms with E-state index < -0.39 is 11.8 Å². The van der Waals surface area contributed by atoms with Gasteiger partial charge in [-0.2, -0.15) is 4.39 Å². The first-order chi connectivity index (χ1) is 5.41. The number of pyridine rings is 1. The number of nitrogens with zero attached hydrogens (tertiary/aromatic N) is 1. The van der Waals surface area contributed by atoms with Gasteiger partial charge in [0.25, 0.3) is 0 Å². The monoisotopic (exact) mass is 171 g/mol. The minimum atomic E-state index is -0.638. The molecule has 1 nitrogen and oxygen atoms in total. The van der Waals surface area contributed by atoms with Crippen LogP contribution in [-0.4, -0.2) is 4.98 Å². The summed E-state index contributed by atoms with van der Waals surface area (Å²) in [6.45, 7) is 5.47. The molecule has 0 saturated heterocycles. The van der Waals surface area contributed by atoms with Gasteiger partial charge in [0, 0.05) is 0 Å². The van der Waals surface area contributed by atoms with Crippen molar-refractivity contribution >= 4 is 0 Å². The van der Waals surface area contributed by atoms with E-state index in [1.54, 1.807) is 0 Å². The van der Waals surface area contributed by atoms with E-state index >= 15 is 0 Å². The van der Waals surface area contributed by atoms with Gasteiger partial charge in [0.05, 0.1) is 6.20 Å². The Morgan fingerprint density at radius 1 is 1.25 bits per heavy atom. The normalized spacial score (nSPS) is 11.8. The molecule has 0 aliphatic rings. The molecule has 0 atom stereocenters. The van der Waals surface area contributed by atoms with Gasteiger partial charge in [-0.05, 0) is 17.0 Å². The summed E-state index contributed by atoms with van der Waals surface area (Å²) in [7, 11) is 0. The van der Waals surface area contributed by atoms with Gasteiger partial charge in [0.1, 0.15) is 5.82 Å². The zero-order valence-electron chi connectivity index (χ0n) is 7.36. The largest absolute Gasteiger partial charge is 0.225 e. The highest BCUT2D eigenvalue weighted by Gasteiger charge is 2.19. The predicted molar refractivity (Wildman–Crippen MR) is 42.9 cm³/mol. The lowest BCUT2D eigenvalue weighted by Crippen LogP contribution is -2.14. The van der Waals surface area contributed by atoms with Crippen LogP contribution in [0.2, 0.25) is 0 Å². The molecule has 0 amide bonds. The van der Waals surface area contributed by atoms with Gasteiger partial charge in [-0.25, -0.2) is 9.37 Å². The van der Waals surface area contributed by atoms with Crippen molar-refractivity contribution in [2.45, 2.75) is 26.2 Å². The van der Waals surface area contributed by atoms with Crippen LogP contribution >= 0.6 is 0 Å². The predicted octanol–water partition coefficient (Wildman–Crippen LogP) is 2.66. The number of rotatable bonds is 0. The maximum Gasteiger partial charge on any atom is 0.213 e. The summed E-state index contributed by atoms with van der Waals surface area (Å²) in [6.07, 6.45) is 0.913. The summed E-state index contributed by atoms with van der Waals surface area (Å²) in [5, 5.41) is 0. The molecule has 3 heteroatoms. The van der Waals surface area contributed by atoms with E-state index in [1.165, 1.54) is 0 Å². The highest BCUT2D eigenvalue weighted by Crippen LogP contribution is 2.24. The Labute approximate surface area is 70.4 Å². The standard InChI is InChI=1S/C9H11F2N/c1-9(2,3)6-4-8(11)12-5-7(6)10/h4-5H,1-3H3. The minimum Gasteiger partial charge on any atom is -0.225 e. The van der Waals surface area contributed by atoms with Crippen molar-refractivity contribution < 1.29 is 8.78 Å². The van der Waals surface area contributed by atoms with E-state index in [4.69, 9.17) is 0 Å². The van der Waals surface area contributed by atoms with Crippen LogP contribution in [0.3, 0.4) is 0 Å². The van der Waals surface area contributed by atoms with Crippen LogP contribution in [0, 0.1) is 11.8 Å². The van der Waals surface area contributed by atoms with E-state index in [-0.39, 0.29) is 5.41 Å². The van der Waals surface area contributed by atoms with E-state index in [0.29, 0.717) is 5.56 Å². The van der Waals surface area contributed by atoms with Crippen molar-refractivity contribution in [2.75, 3.05) is 0 Å². The molecular weight excluding hydrogens is 160 g/mol. The van der Waals surface area contributed by atoms with Gasteiger partial charge in [-0.3, -0.25) is 0 Å². The molecule has 66 valence electrons. The van der Waals surface area contributed by atoms with Crippen LogP contribution in [0.4, 0.5) is 8.78 Å². The number of aromatic nitrogens is 1. The third-order valence-corrected chi connectivity index (χ3v) is 1.63. The van der Waals surface area contributed by atoms with Gasteiger partial charge in [-0.15, -0.1) is 0 Å². The van der Waals surface area contributed by atoms with Crippen LogP contribution < -0.4 is 0 Å². The van der Waals surface area contributed by atoms with Crippen molar-refractivity contribution in [3.8, 4) is 0 Å². The molecule has 0 aliphatic carbocycles. The molecule has 12 heavy (non-hydrogen) atoms. The molecule has 1 aromatic rings. The van der Waals surface area contributed by atoms with Crippen molar-refractivity contribution in [3.05, 3.63) is 29.6 Å². The van der Waals surface area contributed by atoms with Crippen LogP contribution in [0.25, 0.3) is 0 Å². The Morgan fingerprint density at radius 2 is 1.83 bits per heavy atom. The molecule has 1 heterocycles. The van der Waals surface area contributed by atoms with Gasteiger partial charge in [-0.1, -0.05) is 20.8 Å². The first-order valence-corrected chi connectivity index (χ1v) is 3.73. The van der Waals surface area contributed by atoms with Crippen LogP contribution in [-0.2, 0) is 5.41 Å². The van der Waals surface area contributed by atoms with Crippen LogP contribution in [0.1, 0.15) is 26.3 Å². The van der Waals surface area contributed by atoms with Crippen molar-refractivity contribution in [2.24, 2.45) is 0 Å². The minimum absolute atomic E-state index is 0.356.